The average molecular weight is 528 g/mol. The summed E-state index contributed by atoms with van der Waals surface area (Å²) in [6.45, 7) is 10.3. The van der Waals surface area contributed by atoms with Gasteiger partial charge in [0.2, 0.25) is 15.0 Å². The number of benzene rings is 1. The molecule has 0 bridgehead atoms. The molecule has 1 aromatic heterocycles. The quantitative estimate of drug-likeness (QED) is 0.533. The summed E-state index contributed by atoms with van der Waals surface area (Å²) in [6, 6.07) is 2.94. The van der Waals surface area contributed by atoms with Crippen LogP contribution in [0, 0.1) is 12.8 Å². The maximum absolute atomic E-state index is 13.3. The van der Waals surface area contributed by atoms with Gasteiger partial charge in [-0.3, -0.25) is 4.79 Å². The van der Waals surface area contributed by atoms with Gasteiger partial charge in [-0.1, -0.05) is 31.5 Å². The zero-order chi connectivity index (χ0) is 25.4. The van der Waals surface area contributed by atoms with Crippen LogP contribution in [-0.2, 0) is 10.0 Å². The van der Waals surface area contributed by atoms with Crippen LogP contribution in [0.25, 0.3) is 10.4 Å². The monoisotopic (exact) mass is 527 g/mol. The van der Waals surface area contributed by atoms with Crippen molar-refractivity contribution in [2.24, 2.45) is 5.92 Å². The summed E-state index contributed by atoms with van der Waals surface area (Å²) in [7, 11) is -3.86. The molecule has 8 nitrogen and oxygen atoms in total. The molecule has 0 atom stereocenters. The third-order valence-electron chi connectivity index (χ3n) is 6.25. The van der Waals surface area contributed by atoms with E-state index in [1.54, 1.807) is 25.7 Å². The molecule has 186 valence electrons. The van der Waals surface area contributed by atoms with Gasteiger partial charge < -0.3 is 10.0 Å². The summed E-state index contributed by atoms with van der Waals surface area (Å²) in [5.41, 5.74) is 0.0791. The van der Waals surface area contributed by atoms with E-state index in [9.17, 15) is 23.1 Å². The molecular formula is C23H30ClN3O5S2. The zero-order valence-electron chi connectivity index (χ0n) is 19.9. The number of sulfonamides is 1. The van der Waals surface area contributed by atoms with E-state index in [-0.39, 0.29) is 26.5 Å². The summed E-state index contributed by atoms with van der Waals surface area (Å²) < 4.78 is 28.7. The van der Waals surface area contributed by atoms with Gasteiger partial charge in [-0.2, -0.15) is 0 Å². The maximum Gasteiger partial charge on any atom is 0.365 e. The fourth-order valence-electron chi connectivity index (χ4n) is 3.73. The van der Waals surface area contributed by atoms with Gasteiger partial charge in [-0.15, -0.1) is 11.3 Å². The van der Waals surface area contributed by atoms with Crippen LogP contribution >= 0.6 is 22.9 Å². The predicted octanol–water partition coefficient (Wildman–Crippen LogP) is 4.81. The number of thiazole rings is 1. The Morgan fingerprint density at radius 3 is 2.47 bits per heavy atom. The van der Waals surface area contributed by atoms with E-state index in [2.05, 4.69) is 16.6 Å². The molecule has 0 radical (unpaired) electrons. The number of piperidine rings is 1. The van der Waals surface area contributed by atoms with Crippen molar-refractivity contribution < 1.29 is 23.1 Å². The van der Waals surface area contributed by atoms with Crippen molar-refractivity contribution in [3.05, 3.63) is 33.4 Å². The number of nitrogens with one attached hydrogen (secondary N) is 1. The molecule has 34 heavy (non-hydrogen) atoms. The van der Waals surface area contributed by atoms with Gasteiger partial charge >= 0.3 is 5.97 Å². The molecule has 1 aliphatic heterocycles. The van der Waals surface area contributed by atoms with Crippen molar-refractivity contribution in [3.63, 3.8) is 0 Å². The highest BCUT2D eigenvalue weighted by Gasteiger charge is 2.31. The lowest BCUT2D eigenvalue weighted by Crippen LogP contribution is -2.42. The van der Waals surface area contributed by atoms with Gasteiger partial charge in [-0.25, -0.2) is 22.9 Å². The molecule has 2 N–H and O–H groups in total. The van der Waals surface area contributed by atoms with Gasteiger partial charge in [0.05, 0.1) is 14.8 Å². The van der Waals surface area contributed by atoms with Crippen molar-refractivity contribution in [1.29, 1.82) is 0 Å². The Morgan fingerprint density at radius 1 is 1.29 bits per heavy atom. The highest BCUT2D eigenvalue weighted by Crippen LogP contribution is 2.39. The lowest BCUT2D eigenvalue weighted by Gasteiger charge is -2.30. The van der Waals surface area contributed by atoms with Crippen molar-refractivity contribution in [2.75, 3.05) is 13.1 Å². The number of halogens is 1. The van der Waals surface area contributed by atoms with E-state index >= 15 is 0 Å². The number of rotatable bonds is 7. The van der Waals surface area contributed by atoms with Crippen LogP contribution in [-0.4, -0.2) is 53.9 Å². The molecule has 1 saturated heterocycles. The second kappa shape index (κ2) is 9.93. The molecular weight excluding hydrogens is 498 g/mol. The Morgan fingerprint density at radius 2 is 1.91 bits per heavy atom. The van der Waals surface area contributed by atoms with E-state index in [1.807, 2.05) is 6.92 Å². The Kier molecular flexibility index (Phi) is 7.76. The second-order valence-corrected chi connectivity index (χ2v) is 12.4. The van der Waals surface area contributed by atoms with E-state index in [1.165, 1.54) is 12.1 Å². The summed E-state index contributed by atoms with van der Waals surface area (Å²) in [5.74, 6) is -1.07. The smallest absolute Gasteiger partial charge is 0.365 e. The molecule has 3 rings (SSSR count). The third kappa shape index (κ3) is 5.45. The second-order valence-electron chi connectivity index (χ2n) is 9.37. The molecule has 0 aliphatic carbocycles. The summed E-state index contributed by atoms with van der Waals surface area (Å²) in [5, 5.41) is 9.42. The van der Waals surface area contributed by atoms with Crippen LogP contribution in [0.5, 0.6) is 0 Å². The number of aromatic carboxylic acids is 1. The lowest BCUT2D eigenvalue weighted by molar-refractivity contribution is 0.0690. The Labute approximate surface area is 209 Å². The Hall–Kier alpha value is -2.01. The first kappa shape index (κ1) is 26.6. The van der Waals surface area contributed by atoms with Crippen molar-refractivity contribution in [2.45, 2.75) is 64.3 Å². The zero-order valence-corrected chi connectivity index (χ0v) is 22.3. The van der Waals surface area contributed by atoms with Gasteiger partial charge in [0.25, 0.3) is 5.91 Å². The summed E-state index contributed by atoms with van der Waals surface area (Å²) in [4.78, 5) is 31.1. The number of hydrogen-bond donors (Lipinski definition) is 2. The highest BCUT2D eigenvalue weighted by atomic mass is 35.5. The molecule has 2 aromatic rings. The van der Waals surface area contributed by atoms with E-state index in [4.69, 9.17) is 11.6 Å². The first-order valence-electron chi connectivity index (χ1n) is 11.1. The molecule has 11 heteroatoms. The summed E-state index contributed by atoms with van der Waals surface area (Å²) in [6.07, 6.45) is 2.33. The Bertz CT molecular complexity index is 1220. The fraction of sp³-hybridized carbons (Fsp3) is 0.522. The molecule has 1 fully saturated rings. The summed E-state index contributed by atoms with van der Waals surface area (Å²) >= 11 is 7.48. The number of aromatic nitrogens is 1. The van der Waals surface area contributed by atoms with Gasteiger partial charge in [0, 0.05) is 24.2 Å². The first-order chi connectivity index (χ1) is 15.8. The van der Waals surface area contributed by atoms with E-state index in [0.29, 0.717) is 41.4 Å². The van der Waals surface area contributed by atoms with Crippen LogP contribution in [0.2, 0.25) is 5.02 Å². The highest BCUT2D eigenvalue weighted by molar-refractivity contribution is 7.89. The number of amides is 1. The molecule has 0 spiro atoms. The van der Waals surface area contributed by atoms with Crippen molar-refractivity contribution in [1.82, 2.24) is 14.6 Å². The van der Waals surface area contributed by atoms with E-state index < -0.39 is 21.5 Å². The number of likely N-dealkylation sites (tertiary alicyclic amines) is 1. The fourth-order valence-corrected chi connectivity index (χ4v) is 6.76. The van der Waals surface area contributed by atoms with Gasteiger partial charge in [0.15, 0.2) is 0 Å². The number of carbonyl (C=O) groups excluding carboxylic acids is 1. The number of nitrogens with zero attached hydrogens (tertiary/aromatic N) is 2. The number of hydrogen-bond acceptors (Lipinski definition) is 6. The Balaban J connectivity index is 2.07. The van der Waals surface area contributed by atoms with Crippen molar-refractivity contribution in [3.8, 4) is 10.4 Å². The van der Waals surface area contributed by atoms with Crippen molar-refractivity contribution >= 4 is 44.8 Å². The van der Waals surface area contributed by atoms with Gasteiger partial charge in [0.1, 0.15) is 5.69 Å². The topological polar surface area (TPSA) is 117 Å². The SMILES string of the molecule is CCC(C)(C)NS(=O)(=O)c1ccc(-c2sc(C(=O)O)nc2C(=O)N2CCC(C)CC2)c(Cl)c1C. The van der Waals surface area contributed by atoms with Crippen LogP contribution in [0.4, 0.5) is 0 Å². The normalized spacial score (nSPS) is 15.5. The maximum atomic E-state index is 13.3. The minimum absolute atomic E-state index is 0.0269. The van der Waals surface area contributed by atoms with Crippen LogP contribution in [0.1, 0.15) is 72.8 Å². The third-order valence-corrected chi connectivity index (χ3v) is 9.66. The van der Waals surface area contributed by atoms with Crippen LogP contribution < -0.4 is 4.72 Å². The van der Waals surface area contributed by atoms with Crippen LogP contribution in [0.15, 0.2) is 17.0 Å². The molecule has 1 aliphatic rings. The lowest BCUT2D eigenvalue weighted by atomic mass is 9.99. The molecule has 0 saturated carbocycles. The van der Waals surface area contributed by atoms with E-state index in [0.717, 1.165) is 24.2 Å². The first-order valence-corrected chi connectivity index (χ1v) is 13.8. The number of carboxylic acids is 1. The average Bonchev–Trinajstić information content (AvgIpc) is 3.20. The minimum Gasteiger partial charge on any atom is -0.476 e. The van der Waals surface area contributed by atoms with Gasteiger partial charge in [-0.05, 0) is 57.6 Å². The molecule has 1 amide bonds. The largest absolute Gasteiger partial charge is 0.476 e. The predicted molar refractivity (Wildman–Crippen MR) is 133 cm³/mol. The molecule has 1 aromatic carbocycles. The standard InChI is InChI=1S/C23H30ClN3O5S2/c1-6-23(4,5)26-34(31,32)16-8-7-15(17(24)14(16)3)19-18(25-20(33-19)22(29)30)21(28)27-11-9-13(2)10-12-27/h7-8,13,26H,6,9-12H2,1-5H3,(H,29,30). The number of carbonyl (C=O) groups is 2. The number of carboxylic acid groups (broad SMARTS) is 1. The molecule has 0 unspecified atom stereocenters. The minimum atomic E-state index is -3.86. The van der Waals surface area contributed by atoms with Crippen LogP contribution in [0.3, 0.4) is 0 Å². The molecule has 2 heterocycles.